The summed E-state index contributed by atoms with van der Waals surface area (Å²) >= 11 is 0. The normalized spacial score (nSPS) is 6.88. The summed E-state index contributed by atoms with van der Waals surface area (Å²) in [5, 5.41) is 0. The van der Waals surface area contributed by atoms with E-state index < -0.39 is 0 Å². The highest BCUT2D eigenvalue weighted by atomic mass is 13.7. The van der Waals surface area contributed by atoms with Gasteiger partial charge in [0.25, 0.3) is 0 Å². The largest absolute Gasteiger partial charge is 0.120 e. The van der Waals surface area contributed by atoms with Crippen LogP contribution < -0.4 is 0 Å². The Labute approximate surface area is 112 Å². The molecule has 0 aromatic rings. The van der Waals surface area contributed by atoms with Crippen LogP contribution in [0.3, 0.4) is 0 Å². The monoisotopic (exact) mass is 240 g/mol. The van der Waals surface area contributed by atoms with Gasteiger partial charge in [0.05, 0.1) is 0 Å². The van der Waals surface area contributed by atoms with E-state index in [0.29, 0.717) is 0 Å². The predicted octanol–water partition coefficient (Wildman–Crippen LogP) is 6.61. The third-order valence-corrected chi connectivity index (χ3v) is 1.70. The minimum Gasteiger partial charge on any atom is -0.120 e. The van der Waals surface area contributed by atoms with Crippen molar-refractivity contribution < 1.29 is 0 Å². The first kappa shape index (κ1) is 25.2. The van der Waals surface area contributed by atoms with Crippen LogP contribution in [0.5, 0.6) is 0 Å². The molecule has 0 unspecified atom stereocenters. The standard InChI is InChI=1S/C5H12.C4H10.C4H8.C4H6/c1-3-5-4-2;3*1-3-4-2/h3-5H2,1-2H3;3-4H2,1-2H3;3H,1,4H2,2H3;1H,4H2,2H3. The zero-order chi connectivity index (χ0) is 14.4. The number of rotatable bonds is 4. The maximum Gasteiger partial charge on any atom is 0.00576 e. The van der Waals surface area contributed by atoms with Crippen LogP contribution in [0.25, 0.3) is 0 Å². The van der Waals surface area contributed by atoms with Crippen LogP contribution in [-0.2, 0) is 0 Å². The van der Waals surface area contributed by atoms with Crippen molar-refractivity contribution in [3.05, 3.63) is 12.7 Å². The summed E-state index contributed by atoms with van der Waals surface area (Å²) in [5.41, 5.74) is 0. The van der Waals surface area contributed by atoms with E-state index in [1.54, 1.807) is 0 Å². The maximum absolute atomic E-state index is 4.78. The Balaban J connectivity index is -0.0000000667. The molecule has 0 nitrogen and oxygen atoms in total. The lowest BCUT2D eigenvalue weighted by Gasteiger charge is -1.79. The van der Waals surface area contributed by atoms with Crippen molar-refractivity contribution in [1.29, 1.82) is 0 Å². The third-order valence-electron chi connectivity index (χ3n) is 1.70. The molecule has 0 N–H and O–H groups in total. The molecule has 17 heavy (non-hydrogen) atoms. The second-order valence-electron chi connectivity index (χ2n) is 3.61. The fourth-order valence-corrected chi connectivity index (χ4v) is 0.354. The second kappa shape index (κ2) is 45.4. The first-order valence-electron chi connectivity index (χ1n) is 7.20. The molecule has 0 spiro atoms. The number of unbranched alkanes of at least 4 members (excludes halogenated alkanes) is 3. The van der Waals surface area contributed by atoms with Gasteiger partial charge in [-0.3, -0.25) is 0 Å². The highest BCUT2D eigenvalue weighted by Crippen LogP contribution is 1.88. The second-order valence-corrected chi connectivity index (χ2v) is 3.61. The lowest BCUT2D eigenvalue weighted by molar-refractivity contribution is 0.772. The molecule has 0 saturated carbocycles. The van der Waals surface area contributed by atoms with Crippen molar-refractivity contribution in [3.63, 3.8) is 0 Å². The molecule has 0 amide bonds. The molecule has 0 radical (unpaired) electrons. The summed E-state index contributed by atoms with van der Waals surface area (Å²) < 4.78 is 0. The number of terminal acetylenes is 1. The molecule has 0 aromatic heterocycles. The van der Waals surface area contributed by atoms with Gasteiger partial charge in [-0.15, -0.1) is 18.9 Å². The molecule has 0 bridgehead atoms. The van der Waals surface area contributed by atoms with Gasteiger partial charge in [-0.25, -0.2) is 0 Å². The summed E-state index contributed by atoms with van der Waals surface area (Å²) in [7, 11) is 0. The Hall–Kier alpha value is -0.700. The fraction of sp³-hybridized carbons (Fsp3) is 0.765. The SMILES string of the molecule is C#CCC.C=CCC.CCCC.CCCCC. The molecule has 104 valence electrons. The van der Waals surface area contributed by atoms with Gasteiger partial charge < -0.3 is 0 Å². The molecule has 0 heterocycles. The molecule has 0 saturated heterocycles. The van der Waals surface area contributed by atoms with Crippen molar-refractivity contribution in [2.45, 2.75) is 86.5 Å². The van der Waals surface area contributed by atoms with E-state index in [4.69, 9.17) is 6.42 Å². The van der Waals surface area contributed by atoms with Gasteiger partial charge in [-0.2, -0.15) is 0 Å². The van der Waals surface area contributed by atoms with Crippen LogP contribution in [0, 0.1) is 12.3 Å². The minimum absolute atomic E-state index is 0.847. The van der Waals surface area contributed by atoms with Crippen molar-refractivity contribution in [1.82, 2.24) is 0 Å². The predicted molar refractivity (Wildman–Crippen MR) is 85.4 cm³/mol. The molecule has 0 rings (SSSR count). The lowest BCUT2D eigenvalue weighted by Crippen LogP contribution is -1.59. The summed E-state index contributed by atoms with van der Waals surface area (Å²) in [6.07, 6.45) is 15.3. The van der Waals surface area contributed by atoms with Crippen LogP contribution in [0.1, 0.15) is 86.5 Å². The van der Waals surface area contributed by atoms with Crippen molar-refractivity contribution in [2.24, 2.45) is 0 Å². The van der Waals surface area contributed by atoms with E-state index in [2.05, 4.69) is 47.1 Å². The fourth-order valence-electron chi connectivity index (χ4n) is 0.354. The average molecular weight is 240 g/mol. The zero-order valence-electron chi connectivity index (χ0n) is 13.3. The molecule has 0 aliphatic heterocycles. The number of allylic oxidation sites excluding steroid dienone is 1. The van der Waals surface area contributed by atoms with Crippen LogP contribution in [0.2, 0.25) is 0 Å². The molecular weight excluding hydrogens is 204 g/mol. The first-order chi connectivity index (χ1) is 8.16. The topological polar surface area (TPSA) is 0 Å². The molecule has 0 heteroatoms. The summed E-state index contributed by atoms with van der Waals surface area (Å²) in [6, 6.07) is 0. The Morgan fingerprint density at radius 3 is 1.18 bits per heavy atom. The smallest absolute Gasteiger partial charge is 0.00576 e. The molecular formula is C17H36. The van der Waals surface area contributed by atoms with Crippen LogP contribution >= 0.6 is 0 Å². The van der Waals surface area contributed by atoms with E-state index in [0.717, 1.165) is 12.8 Å². The quantitative estimate of drug-likeness (QED) is 0.383. The summed E-state index contributed by atoms with van der Waals surface area (Å²) in [5.74, 6) is 2.43. The van der Waals surface area contributed by atoms with Crippen LogP contribution in [0.4, 0.5) is 0 Å². The molecule has 0 aliphatic carbocycles. The molecule has 0 fully saturated rings. The number of hydrogen-bond acceptors (Lipinski definition) is 0. The Kier molecular flexibility index (Phi) is 67.4. The first-order valence-corrected chi connectivity index (χ1v) is 7.20. The maximum atomic E-state index is 4.78. The van der Waals surface area contributed by atoms with Gasteiger partial charge in [0, 0.05) is 6.42 Å². The minimum atomic E-state index is 0.847. The van der Waals surface area contributed by atoms with E-state index in [1.807, 2.05) is 13.0 Å². The molecule has 0 atom stereocenters. The van der Waals surface area contributed by atoms with E-state index in [-0.39, 0.29) is 0 Å². The van der Waals surface area contributed by atoms with Crippen molar-refractivity contribution >= 4 is 0 Å². The Morgan fingerprint density at radius 2 is 1.18 bits per heavy atom. The van der Waals surface area contributed by atoms with Crippen LogP contribution in [0.15, 0.2) is 12.7 Å². The molecule has 0 aliphatic rings. The average Bonchev–Trinajstić information content (AvgIpc) is 2.40. The summed E-state index contributed by atoms with van der Waals surface area (Å²) in [4.78, 5) is 0. The van der Waals surface area contributed by atoms with E-state index >= 15 is 0 Å². The van der Waals surface area contributed by atoms with Gasteiger partial charge in [-0.1, -0.05) is 79.7 Å². The highest BCUT2D eigenvalue weighted by molar-refractivity contribution is 4.80. The Bertz CT molecular complexity index is 112. The van der Waals surface area contributed by atoms with Crippen molar-refractivity contribution in [3.8, 4) is 12.3 Å². The van der Waals surface area contributed by atoms with Gasteiger partial charge in [0.2, 0.25) is 0 Å². The lowest BCUT2D eigenvalue weighted by atomic mass is 10.3. The van der Waals surface area contributed by atoms with Gasteiger partial charge >= 0.3 is 0 Å². The summed E-state index contributed by atoms with van der Waals surface area (Å²) in [6.45, 7) is 16.3. The Morgan fingerprint density at radius 1 is 0.882 bits per heavy atom. The molecule has 0 aromatic carbocycles. The van der Waals surface area contributed by atoms with Crippen molar-refractivity contribution in [2.75, 3.05) is 0 Å². The highest BCUT2D eigenvalue weighted by Gasteiger charge is 1.68. The third kappa shape index (κ3) is 146. The number of hydrogen-bond donors (Lipinski definition) is 0. The van der Waals surface area contributed by atoms with Gasteiger partial charge in [0.1, 0.15) is 0 Å². The van der Waals surface area contributed by atoms with E-state index in [9.17, 15) is 0 Å². The van der Waals surface area contributed by atoms with Gasteiger partial charge in [-0.05, 0) is 6.42 Å². The van der Waals surface area contributed by atoms with E-state index in [1.165, 1.54) is 32.1 Å². The van der Waals surface area contributed by atoms with Gasteiger partial charge in [0.15, 0.2) is 0 Å². The zero-order valence-corrected chi connectivity index (χ0v) is 13.3. The van der Waals surface area contributed by atoms with Crippen LogP contribution in [-0.4, -0.2) is 0 Å².